The summed E-state index contributed by atoms with van der Waals surface area (Å²) in [4.78, 5) is 41.4. The SMILES string of the molecule is O=C(O)c1cccnc1.O=C(O)c1cccnc1.O=C(O)c1cccnc1.[Tb]. The molecule has 0 amide bonds. The number of pyridine rings is 3. The Bertz CT molecular complexity index is 747. The molecule has 3 N–H and O–H groups in total. The smallest absolute Gasteiger partial charge is 0.337 e. The molecule has 0 saturated carbocycles. The summed E-state index contributed by atoms with van der Waals surface area (Å²) in [6.45, 7) is 0. The molecule has 0 aliphatic rings. The number of aromatic carboxylic acids is 3. The number of rotatable bonds is 3. The van der Waals surface area contributed by atoms with Gasteiger partial charge in [0.25, 0.3) is 0 Å². The zero-order chi connectivity index (χ0) is 20.1. The van der Waals surface area contributed by atoms with Crippen molar-refractivity contribution in [2.45, 2.75) is 0 Å². The van der Waals surface area contributed by atoms with Crippen LogP contribution in [0, 0.1) is 38.6 Å². The van der Waals surface area contributed by atoms with Crippen molar-refractivity contribution in [2.24, 2.45) is 0 Å². The van der Waals surface area contributed by atoms with E-state index in [-0.39, 0.29) is 55.3 Å². The van der Waals surface area contributed by atoms with E-state index in [1.165, 1.54) is 55.4 Å². The topological polar surface area (TPSA) is 151 Å². The average Bonchev–Trinajstić information content (AvgIpc) is 2.71. The van der Waals surface area contributed by atoms with E-state index in [4.69, 9.17) is 15.3 Å². The molecule has 0 spiro atoms. The summed E-state index contributed by atoms with van der Waals surface area (Å²) >= 11 is 0. The normalized spacial score (nSPS) is 8.57. The van der Waals surface area contributed by atoms with E-state index in [1.54, 1.807) is 18.2 Å². The largest absolute Gasteiger partial charge is 0.478 e. The van der Waals surface area contributed by atoms with Crippen molar-refractivity contribution in [3.8, 4) is 0 Å². The summed E-state index contributed by atoms with van der Waals surface area (Å²) in [7, 11) is 0. The molecule has 1 radical (unpaired) electrons. The summed E-state index contributed by atoms with van der Waals surface area (Å²) in [5, 5.41) is 25.0. The van der Waals surface area contributed by atoms with Gasteiger partial charge in [0.2, 0.25) is 0 Å². The molecule has 0 bridgehead atoms. The number of carboxylic acids is 3. The molecule has 3 rings (SSSR count). The summed E-state index contributed by atoms with van der Waals surface area (Å²) in [5.74, 6) is -2.82. The van der Waals surface area contributed by atoms with Crippen LogP contribution in [0.25, 0.3) is 0 Å². The van der Waals surface area contributed by atoms with Crippen molar-refractivity contribution in [3.63, 3.8) is 0 Å². The Hall–Kier alpha value is -2.85. The van der Waals surface area contributed by atoms with Gasteiger partial charge in [-0.25, -0.2) is 14.4 Å². The molecular formula is C18H15N3O6Tb. The molecule has 0 aromatic carbocycles. The Kier molecular flexibility index (Phi) is 12.8. The van der Waals surface area contributed by atoms with Gasteiger partial charge in [-0.1, -0.05) is 0 Å². The number of hydrogen-bond acceptors (Lipinski definition) is 6. The van der Waals surface area contributed by atoms with Crippen LogP contribution in [-0.4, -0.2) is 48.2 Å². The summed E-state index contributed by atoms with van der Waals surface area (Å²) < 4.78 is 0. The first-order valence-electron chi connectivity index (χ1n) is 7.31. The zero-order valence-electron chi connectivity index (χ0n) is 14.2. The number of carboxylic acid groups (broad SMARTS) is 3. The zero-order valence-corrected chi connectivity index (χ0v) is 16.3. The molecule has 10 heteroatoms. The third kappa shape index (κ3) is 10.3. The third-order valence-corrected chi connectivity index (χ3v) is 2.73. The van der Waals surface area contributed by atoms with Crippen molar-refractivity contribution < 1.29 is 68.3 Å². The maximum atomic E-state index is 10.2. The molecule has 0 aliphatic heterocycles. The van der Waals surface area contributed by atoms with Gasteiger partial charge in [-0.05, 0) is 36.4 Å². The van der Waals surface area contributed by atoms with Gasteiger partial charge in [0.1, 0.15) is 0 Å². The van der Waals surface area contributed by atoms with E-state index in [1.807, 2.05) is 0 Å². The molecule has 28 heavy (non-hydrogen) atoms. The van der Waals surface area contributed by atoms with Crippen molar-refractivity contribution in [3.05, 3.63) is 90.3 Å². The fraction of sp³-hybridized carbons (Fsp3) is 0. The van der Waals surface area contributed by atoms with Crippen molar-refractivity contribution >= 4 is 17.9 Å². The molecule has 3 aromatic heterocycles. The van der Waals surface area contributed by atoms with E-state index in [9.17, 15) is 14.4 Å². The van der Waals surface area contributed by atoms with Crippen LogP contribution < -0.4 is 0 Å². The number of nitrogens with zero attached hydrogens (tertiary/aromatic N) is 3. The maximum absolute atomic E-state index is 10.2. The number of hydrogen-bond donors (Lipinski definition) is 3. The minimum Gasteiger partial charge on any atom is -0.478 e. The number of aromatic nitrogens is 3. The number of carbonyl (C=O) groups is 3. The molecule has 0 aliphatic carbocycles. The predicted molar refractivity (Wildman–Crippen MR) is 93.6 cm³/mol. The van der Waals surface area contributed by atoms with Gasteiger partial charge in [-0.2, -0.15) is 0 Å². The van der Waals surface area contributed by atoms with Crippen LogP contribution >= 0.6 is 0 Å². The fourth-order valence-electron chi connectivity index (χ4n) is 1.47. The molecule has 147 valence electrons. The van der Waals surface area contributed by atoms with Crippen molar-refractivity contribution in [1.82, 2.24) is 15.0 Å². The Morgan fingerprint density at radius 3 is 0.929 bits per heavy atom. The molecule has 0 atom stereocenters. The predicted octanol–water partition coefficient (Wildman–Crippen LogP) is 2.34. The second-order valence-corrected chi connectivity index (χ2v) is 4.64. The van der Waals surface area contributed by atoms with Gasteiger partial charge < -0.3 is 15.3 Å². The van der Waals surface area contributed by atoms with Crippen LogP contribution in [0.4, 0.5) is 0 Å². The molecule has 0 fully saturated rings. The second kappa shape index (κ2) is 14.2. The standard InChI is InChI=1S/3C6H5NO2.Tb/c3*8-6(9)5-2-1-3-7-4-5;/h3*1-4H,(H,8,9);. The molecule has 0 saturated heterocycles. The summed E-state index contributed by atoms with van der Waals surface area (Å²) in [6, 6.07) is 9.25. The van der Waals surface area contributed by atoms with E-state index in [2.05, 4.69) is 15.0 Å². The fourth-order valence-corrected chi connectivity index (χ4v) is 1.47. The van der Waals surface area contributed by atoms with Gasteiger partial charge in [0.15, 0.2) is 0 Å². The molecule has 3 heterocycles. The van der Waals surface area contributed by atoms with Gasteiger partial charge in [-0.15, -0.1) is 0 Å². The Morgan fingerprint density at radius 1 is 0.571 bits per heavy atom. The van der Waals surface area contributed by atoms with E-state index < -0.39 is 17.9 Å². The molecule has 9 nitrogen and oxygen atoms in total. The van der Waals surface area contributed by atoms with Crippen molar-refractivity contribution in [1.29, 1.82) is 0 Å². The quantitative estimate of drug-likeness (QED) is 0.466. The van der Waals surface area contributed by atoms with Crippen molar-refractivity contribution in [2.75, 3.05) is 0 Å². The van der Waals surface area contributed by atoms with Gasteiger partial charge in [0, 0.05) is 75.8 Å². The van der Waals surface area contributed by atoms with E-state index >= 15 is 0 Å². The third-order valence-electron chi connectivity index (χ3n) is 2.73. The van der Waals surface area contributed by atoms with E-state index in [0.29, 0.717) is 0 Å². The first-order chi connectivity index (χ1) is 12.9. The first kappa shape index (κ1) is 25.1. The van der Waals surface area contributed by atoms with Crippen LogP contribution in [-0.2, 0) is 0 Å². The molecule has 3 aromatic rings. The van der Waals surface area contributed by atoms with Crippen LogP contribution in [0.1, 0.15) is 31.1 Å². The van der Waals surface area contributed by atoms with Crippen LogP contribution in [0.2, 0.25) is 0 Å². The van der Waals surface area contributed by atoms with Gasteiger partial charge in [-0.3, -0.25) is 15.0 Å². The van der Waals surface area contributed by atoms with Gasteiger partial charge in [0.05, 0.1) is 16.7 Å². The minimum absolute atomic E-state index is 0. The van der Waals surface area contributed by atoms with Gasteiger partial charge >= 0.3 is 17.9 Å². The van der Waals surface area contributed by atoms with Crippen LogP contribution in [0.3, 0.4) is 0 Å². The maximum Gasteiger partial charge on any atom is 0.337 e. The summed E-state index contributed by atoms with van der Waals surface area (Å²) in [5.41, 5.74) is 0.660. The minimum atomic E-state index is -0.942. The van der Waals surface area contributed by atoms with Crippen LogP contribution in [0.5, 0.6) is 0 Å². The average molecular weight is 528 g/mol. The van der Waals surface area contributed by atoms with E-state index in [0.717, 1.165) is 0 Å². The summed E-state index contributed by atoms with van der Waals surface area (Å²) in [6.07, 6.45) is 8.53. The Morgan fingerprint density at radius 2 is 0.821 bits per heavy atom. The second-order valence-electron chi connectivity index (χ2n) is 4.64. The first-order valence-corrected chi connectivity index (χ1v) is 7.31. The molecular weight excluding hydrogens is 513 g/mol. The molecule has 0 unspecified atom stereocenters. The Balaban J connectivity index is 0.000000384. The van der Waals surface area contributed by atoms with Crippen LogP contribution in [0.15, 0.2) is 73.6 Å². The monoisotopic (exact) mass is 528 g/mol. The Labute approximate surface area is 190 Å².